The van der Waals surface area contributed by atoms with Gasteiger partial charge in [-0.05, 0) is 173 Å². The lowest BCUT2D eigenvalue weighted by atomic mass is 9.33. The van der Waals surface area contributed by atoms with E-state index in [1.807, 2.05) is 0 Å². The van der Waals surface area contributed by atoms with Crippen molar-refractivity contribution < 1.29 is 4.74 Å². The van der Waals surface area contributed by atoms with Crippen molar-refractivity contribution in [2.24, 2.45) is 0 Å². The average molecular weight is 1540 g/mol. The number of para-hydroxylation sites is 8. The summed E-state index contributed by atoms with van der Waals surface area (Å²) in [5.41, 5.74) is 39.6. The van der Waals surface area contributed by atoms with Gasteiger partial charge < -0.3 is 29.2 Å². The second-order valence-corrected chi connectivity index (χ2v) is 33.7. The van der Waals surface area contributed by atoms with Crippen molar-refractivity contribution in [2.75, 3.05) is 24.5 Å². The maximum atomic E-state index is 8.39. The van der Waals surface area contributed by atoms with Gasteiger partial charge >= 0.3 is 0 Å². The molecule has 0 N–H and O–H groups in total. The van der Waals surface area contributed by atoms with Crippen molar-refractivity contribution in [2.45, 2.75) is 31.6 Å². The molecule has 0 aromatic heterocycles. The van der Waals surface area contributed by atoms with Gasteiger partial charge in [0.1, 0.15) is 11.5 Å². The van der Waals surface area contributed by atoms with Gasteiger partial charge in [0.25, 0.3) is 13.4 Å². The summed E-state index contributed by atoms with van der Waals surface area (Å²) in [6, 6.07) is 159. The zero-order valence-electron chi connectivity index (χ0n) is 67.2. The van der Waals surface area contributed by atoms with Crippen molar-refractivity contribution in [1.82, 2.24) is 0 Å². The standard InChI is InChI=1S/C113H79B2N5O/c1-112(2,3)78-66-103-109-104(67-78)120(111-85(76-42-15-6-16-43-76)56-37-57-86(111)77-44-17-7-18-45-77)102-73-108-92(71-96(102)114(109)93-60-31-35-64-99(93)117(103)80-48-21-9-22-49-80)113(89-58-29-25-54-87(89)88-55-26-30-59-90(88)113)91-70-95-101(72-107(91)121-108)118(81-50-23-10-24-51-81)105-68-82(116(79-46-19-8-20-47-79)97-62-33-27-52-83(97)74-38-11-4-12-39-74)69-106-110(105)115(95)94-61-32-36-65-100(94)119(106)98-63-34-28-53-84(98)75-40-13-5-14-41-75/h4-73H,1-3H3. The molecule has 1 spiro atoms. The van der Waals surface area contributed by atoms with E-state index >= 15 is 0 Å². The van der Waals surface area contributed by atoms with Gasteiger partial charge in [-0.1, -0.05) is 348 Å². The molecule has 0 atom stereocenters. The highest BCUT2D eigenvalue weighted by atomic mass is 16.5. The molecule has 568 valence electrons. The molecular formula is C113H79B2N5O. The van der Waals surface area contributed by atoms with Crippen LogP contribution in [0, 0.1) is 0 Å². The number of benzene rings is 18. The lowest BCUT2D eigenvalue weighted by molar-refractivity contribution is 0.437. The molecule has 0 saturated carbocycles. The summed E-state index contributed by atoms with van der Waals surface area (Å²) in [4.78, 5) is 12.9. The molecule has 0 bridgehead atoms. The quantitative estimate of drug-likeness (QED) is 0.120. The second-order valence-electron chi connectivity index (χ2n) is 33.7. The SMILES string of the molecule is CC(C)(C)c1cc2c3c(c1)N(c1c(-c4ccccc4)cccc1-c1ccccc1)c1cc4c(cc1B3c1ccccc1N2c1ccccc1)C1(c2cc3c(cc2O4)N(c2ccccc2)c2cc(N(c4ccccc4)c4ccccc4-c4ccccc4)cc4c2B3c2ccccc2N4c2ccccc2-c2ccccc2)c2ccccc2-c2ccccc21. The van der Waals surface area contributed by atoms with E-state index in [2.05, 4.69) is 470 Å². The van der Waals surface area contributed by atoms with Crippen LogP contribution in [0.3, 0.4) is 0 Å². The van der Waals surface area contributed by atoms with Crippen LogP contribution in [-0.2, 0) is 10.8 Å². The van der Waals surface area contributed by atoms with Gasteiger partial charge in [0.15, 0.2) is 0 Å². The molecule has 18 aromatic rings. The topological polar surface area (TPSA) is 25.4 Å². The molecular weight excluding hydrogens is 1460 g/mol. The summed E-state index contributed by atoms with van der Waals surface area (Å²) in [5, 5.41) is 0. The van der Waals surface area contributed by atoms with Gasteiger partial charge in [-0.2, -0.15) is 0 Å². The van der Waals surface area contributed by atoms with Gasteiger partial charge in [-0.3, -0.25) is 0 Å². The number of hydrogen-bond donors (Lipinski definition) is 0. The van der Waals surface area contributed by atoms with Crippen LogP contribution in [0.15, 0.2) is 425 Å². The van der Waals surface area contributed by atoms with E-state index in [0.29, 0.717) is 0 Å². The second kappa shape index (κ2) is 27.5. The van der Waals surface area contributed by atoms with Crippen molar-refractivity contribution in [3.05, 3.63) is 452 Å². The van der Waals surface area contributed by atoms with Crippen LogP contribution >= 0.6 is 0 Å². The molecule has 0 unspecified atom stereocenters. The highest BCUT2D eigenvalue weighted by Gasteiger charge is 2.56. The number of nitrogens with zero attached hydrogens (tertiary/aromatic N) is 5. The Morgan fingerprint density at radius 2 is 0.620 bits per heavy atom. The molecule has 0 saturated heterocycles. The summed E-state index contributed by atoms with van der Waals surface area (Å²) in [6.45, 7) is 6.54. The first-order chi connectivity index (χ1) is 59.7. The fraction of sp³-hybridized carbons (Fsp3) is 0.0442. The average Bonchev–Trinajstić information content (AvgIpc) is 1.65. The molecule has 6 aliphatic rings. The van der Waals surface area contributed by atoms with E-state index in [0.717, 1.165) is 152 Å². The third-order valence-corrected chi connectivity index (χ3v) is 26.2. The minimum atomic E-state index is -0.951. The van der Waals surface area contributed by atoms with Crippen molar-refractivity contribution >= 4 is 132 Å². The molecule has 8 heteroatoms. The Balaban J connectivity index is 0.823. The van der Waals surface area contributed by atoms with Gasteiger partial charge in [0.2, 0.25) is 0 Å². The number of fused-ring (bicyclic) bond motifs is 17. The Morgan fingerprint density at radius 3 is 1.13 bits per heavy atom. The largest absolute Gasteiger partial charge is 0.457 e. The Labute approximate surface area is 707 Å². The van der Waals surface area contributed by atoms with Crippen molar-refractivity contribution in [3.8, 4) is 67.1 Å². The fourth-order valence-electron chi connectivity index (χ4n) is 21.1. The van der Waals surface area contributed by atoms with Crippen LogP contribution in [-0.4, -0.2) is 13.4 Å². The number of rotatable bonds is 11. The van der Waals surface area contributed by atoms with E-state index in [1.165, 1.54) is 60.6 Å². The van der Waals surface area contributed by atoms with E-state index in [-0.39, 0.29) is 18.8 Å². The highest BCUT2D eigenvalue weighted by molar-refractivity contribution is 7.01. The zero-order chi connectivity index (χ0) is 80.2. The lowest BCUT2D eigenvalue weighted by Gasteiger charge is -2.48. The highest BCUT2D eigenvalue weighted by Crippen LogP contribution is 2.65. The normalized spacial score (nSPS) is 13.6. The first kappa shape index (κ1) is 70.1. The predicted molar refractivity (Wildman–Crippen MR) is 507 cm³/mol. The van der Waals surface area contributed by atoms with E-state index < -0.39 is 5.41 Å². The molecule has 0 amide bonds. The predicted octanol–water partition coefficient (Wildman–Crippen LogP) is 25.8. The maximum Gasteiger partial charge on any atom is 0.252 e. The van der Waals surface area contributed by atoms with Gasteiger partial charge in [-0.25, -0.2) is 0 Å². The summed E-state index contributed by atoms with van der Waals surface area (Å²) in [5.74, 6) is 1.59. The molecule has 24 rings (SSSR count). The Bertz CT molecular complexity index is 7100. The molecule has 121 heavy (non-hydrogen) atoms. The van der Waals surface area contributed by atoms with Crippen LogP contribution in [0.25, 0.3) is 55.6 Å². The van der Waals surface area contributed by atoms with Gasteiger partial charge in [-0.15, -0.1) is 0 Å². The summed E-state index contributed by atoms with van der Waals surface area (Å²) in [6.07, 6.45) is 0. The third kappa shape index (κ3) is 10.7. The van der Waals surface area contributed by atoms with Crippen LogP contribution in [0.2, 0.25) is 0 Å². The van der Waals surface area contributed by atoms with Crippen molar-refractivity contribution in [3.63, 3.8) is 0 Å². The molecule has 0 radical (unpaired) electrons. The third-order valence-electron chi connectivity index (χ3n) is 26.2. The number of ether oxygens (including phenoxy) is 1. The minimum absolute atomic E-state index is 0.248. The lowest BCUT2D eigenvalue weighted by Crippen LogP contribution is -2.62. The first-order valence-electron chi connectivity index (χ1n) is 42.2. The van der Waals surface area contributed by atoms with E-state index in [4.69, 9.17) is 4.74 Å². The summed E-state index contributed by atoms with van der Waals surface area (Å²) >= 11 is 0. The molecule has 6 nitrogen and oxygen atoms in total. The summed E-state index contributed by atoms with van der Waals surface area (Å²) in [7, 11) is 0. The maximum absolute atomic E-state index is 8.39. The van der Waals surface area contributed by atoms with Crippen molar-refractivity contribution in [1.29, 1.82) is 0 Å². The monoisotopic (exact) mass is 1540 g/mol. The van der Waals surface area contributed by atoms with Crippen LogP contribution in [0.5, 0.6) is 11.5 Å². The Kier molecular flexibility index (Phi) is 15.9. The molecule has 1 aliphatic carbocycles. The zero-order valence-corrected chi connectivity index (χ0v) is 67.2. The minimum Gasteiger partial charge on any atom is -0.457 e. The first-order valence-corrected chi connectivity index (χ1v) is 42.2. The fourth-order valence-corrected chi connectivity index (χ4v) is 21.1. The van der Waals surface area contributed by atoms with E-state index in [9.17, 15) is 0 Å². The molecule has 5 aliphatic heterocycles. The smallest absolute Gasteiger partial charge is 0.252 e. The Morgan fingerprint density at radius 1 is 0.256 bits per heavy atom. The number of hydrogen-bond acceptors (Lipinski definition) is 6. The molecule has 0 fully saturated rings. The Hall–Kier alpha value is -15.1. The van der Waals surface area contributed by atoms with E-state index in [1.54, 1.807) is 0 Å². The summed E-state index contributed by atoms with van der Waals surface area (Å²) < 4.78 is 8.39. The van der Waals surface area contributed by atoms with Crippen LogP contribution in [0.1, 0.15) is 48.6 Å². The molecule has 5 heterocycles. The van der Waals surface area contributed by atoms with Gasteiger partial charge in [0.05, 0.1) is 28.2 Å². The van der Waals surface area contributed by atoms with Crippen LogP contribution in [0.4, 0.5) is 85.3 Å². The number of anilines is 15. The van der Waals surface area contributed by atoms with Gasteiger partial charge in [0, 0.05) is 108 Å². The molecule has 18 aromatic carbocycles. The van der Waals surface area contributed by atoms with Crippen LogP contribution < -0.4 is 62.0 Å².